The van der Waals surface area contributed by atoms with Crippen molar-refractivity contribution in [3.05, 3.63) is 47.8 Å². The molecule has 0 aliphatic carbocycles. The minimum atomic E-state index is -1.14. The number of guanidine groups is 1. The van der Waals surface area contributed by atoms with E-state index in [4.69, 9.17) is 8.83 Å². The molecule has 2 aromatic rings. The van der Waals surface area contributed by atoms with E-state index in [1.54, 1.807) is 19.3 Å². The molecule has 0 fully saturated rings. The number of aliphatic imine (C=N–C) groups is 1. The Bertz CT molecular complexity index is 645. The van der Waals surface area contributed by atoms with Gasteiger partial charge in [-0.15, -0.1) is 0 Å². The highest BCUT2D eigenvalue weighted by molar-refractivity contribution is 5.79. The first-order valence-electron chi connectivity index (χ1n) is 8.85. The third kappa shape index (κ3) is 6.31. The Morgan fingerprint density at radius 3 is 2.68 bits per heavy atom. The summed E-state index contributed by atoms with van der Waals surface area (Å²) in [7, 11) is 0. The third-order valence-corrected chi connectivity index (χ3v) is 3.88. The molecule has 0 saturated carbocycles. The van der Waals surface area contributed by atoms with Crippen molar-refractivity contribution in [2.45, 2.75) is 45.6 Å². The minimum Gasteiger partial charge on any atom is -0.469 e. The molecule has 25 heavy (non-hydrogen) atoms. The Morgan fingerprint density at radius 1 is 1.24 bits per heavy atom. The topological polar surface area (TPSA) is 82.9 Å². The maximum atomic E-state index is 10.6. The normalized spacial score (nSPS) is 14.3. The zero-order valence-electron chi connectivity index (χ0n) is 15.3. The van der Waals surface area contributed by atoms with E-state index < -0.39 is 5.60 Å². The van der Waals surface area contributed by atoms with Gasteiger partial charge in [0.05, 0.1) is 12.8 Å². The molecule has 6 nitrogen and oxygen atoms in total. The van der Waals surface area contributed by atoms with Crippen LogP contribution in [0.3, 0.4) is 0 Å². The third-order valence-electron chi connectivity index (χ3n) is 3.88. The molecule has 3 N–H and O–H groups in total. The van der Waals surface area contributed by atoms with Gasteiger partial charge >= 0.3 is 0 Å². The molecular formula is C19H29N3O3. The fourth-order valence-electron chi connectivity index (χ4n) is 2.35. The molecule has 138 valence electrons. The van der Waals surface area contributed by atoms with Gasteiger partial charge in [-0.25, -0.2) is 4.99 Å². The van der Waals surface area contributed by atoms with Crippen LogP contribution in [0.25, 0.3) is 0 Å². The monoisotopic (exact) mass is 347 g/mol. The van der Waals surface area contributed by atoms with Crippen LogP contribution in [0.4, 0.5) is 0 Å². The van der Waals surface area contributed by atoms with Crippen LogP contribution in [0.15, 0.2) is 44.4 Å². The largest absolute Gasteiger partial charge is 0.469 e. The van der Waals surface area contributed by atoms with Crippen LogP contribution in [0.2, 0.25) is 0 Å². The quantitative estimate of drug-likeness (QED) is 0.369. The highest BCUT2D eigenvalue weighted by Gasteiger charge is 2.26. The van der Waals surface area contributed by atoms with E-state index in [1.807, 2.05) is 25.1 Å². The van der Waals surface area contributed by atoms with Gasteiger partial charge < -0.3 is 24.6 Å². The van der Waals surface area contributed by atoms with Crippen LogP contribution in [0.5, 0.6) is 0 Å². The van der Waals surface area contributed by atoms with Gasteiger partial charge in [0.1, 0.15) is 22.9 Å². The number of hydrogen-bond donors (Lipinski definition) is 3. The SMILES string of the molecule is CCCCNC(=NCC(C)(O)c1ccc(C)o1)NCCc1ccco1. The Hall–Kier alpha value is -2.21. The minimum absolute atomic E-state index is 0.210. The summed E-state index contributed by atoms with van der Waals surface area (Å²) in [5.74, 6) is 2.91. The smallest absolute Gasteiger partial charge is 0.191 e. The van der Waals surface area contributed by atoms with Gasteiger partial charge in [-0.1, -0.05) is 13.3 Å². The van der Waals surface area contributed by atoms with Gasteiger partial charge in [0.15, 0.2) is 5.96 Å². The summed E-state index contributed by atoms with van der Waals surface area (Å²) in [4.78, 5) is 4.53. The zero-order chi connectivity index (χ0) is 18.1. The standard InChI is InChI=1S/C19H29N3O3/c1-4-5-11-20-18(21-12-10-16-7-6-13-24-16)22-14-19(3,23)17-9-8-15(2)25-17/h6-9,13,23H,4-5,10-12,14H2,1-3H3,(H2,20,21,22). The van der Waals surface area contributed by atoms with Crippen molar-refractivity contribution in [2.75, 3.05) is 19.6 Å². The maximum absolute atomic E-state index is 10.6. The van der Waals surface area contributed by atoms with E-state index in [0.29, 0.717) is 18.3 Å². The van der Waals surface area contributed by atoms with Crippen LogP contribution in [0, 0.1) is 6.92 Å². The number of unbranched alkanes of at least 4 members (excludes halogenated alkanes) is 1. The van der Waals surface area contributed by atoms with Crippen LogP contribution >= 0.6 is 0 Å². The summed E-state index contributed by atoms with van der Waals surface area (Å²) in [6.45, 7) is 7.46. The predicted octanol–water partition coefficient (Wildman–Crippen LogP) is 2.97. The number of furan rings is 2. The lowest BCUT2D eigenvalue weighted by Gasteiger charge is -2.20. The highest BCUT2D eigenvalue weighted by Crippen LogP contribution is 2.23. The second-order valence-corrected chi connectivity index (χ2v) is 6.39. The summed E-state index contributed by atoms with van der Waals surface area (Å²) in [5.41, 5.74) is -1.14. The number of rotatable bonds is 9. The summed E-state index contributed by atoms with van der Waals surface area (Å²) in [6, 6.07) is 7.47. The molecular weight excluding hydrogens is 318 g/mol. The van der Waals surface area contributed by atoms with Gasteiger partial charge in [0.25, 0.3) is 0 Å². The fourth-order valence-corrected chi connectivity index (χ4v) is 2.35. The van der Waals surface area contributed by atoms with Crippen molar-refractivity contribution in [1.29, 1.82) is 0 Å². The second-order valence-electron chi connectivity index (χ2n) is 6.39. The van der Waals surface area contributed by atoms with E-state index in [-0.39, 0.29) is 6.54 Å². The average Bonchev–Trinajstić information content (AvgIpc) is 3.24. The molecule has 0 aromatic carbocycles. The molecule has 2 heterocycles. The van der Waals surface area contributed by atoms with Gasteiger partial charge in [-0.05, 0) is 44.5 Å². The van der Waals surface area contributed by atoms with Crippen molar-refractivity contribution >= 4 is 5.96 Å². The van der Waals surface area contributed by atoms with Crippen LogP contribution in [-0.2, 0) is 12.0 Å². The molecule has 2 aromatic heterocycles. The van der Waals surface area contributed by atoms with E-state index in [9.17, 15) is 5.11 Å². The number of hydrogen-bond acceptors (Lipinski definition) is 4. The van der Waals surface area contributed by atoms with Crippen LogP contribution in [0.1, 0.15) is 44.0 Å². The Kier molecular flexibility index (Phi) is 7.13. The zero-order valence-corrected chi connectivity index (χ0v) is 15.3. The molecule has 0 saturated heterocycles. The summed E-state index contributed by atoms with van der Waals surface area (Å²) in [5, 5.41) is 17.2. The molecule has 0 aliphatic heterocycles. The lowest BCUT2D eigenvalue weighted by Crippen LogP contribution is -2.40. The number of aryl methyl sites for hydroxylation is 1. The number of aliphatic hydroxyl groups is 1. The Balaban J connectivity index is 1.93. The molecule has 0 amide bonds. The van der Waals surface area contributed by atoms with E-state index in [1.165, 1.54) is 0 Å². The van der Waals surface area contributed by atoms with Gasteiger partial charge in [-0.3, -0.25) is 0 Å². The van der Waals surface area contributed by atoms with Crippen molar-refractivity contribution in [3.63, 3.8) is 0 Å². The lowest BCUT2D eigenvalue weighted by molar-refractivity contribution is 0.0428. The first kappa shape index (κ1) is 19.1. The summed E-state index contributed by atoms with van der Waals surface area (Å²) in [6.07, 6.45) is 4.62. The van der Waals surface area contributed by atoms with Crippen molar-refractivity contribution in [3.8, 4) is 0 Å². The molecule has 1 atom stereocenters. The van der Waals surface area contributed by atoms with E-state index in [2.05, 4.69) is 22.5 Å². The number of nitrogens with zero attached hydrogens (tertiary/aromatic N) is 1. The van der Waals surface area contributed by atoms with Crippen molar-refractivity contribution in [1.82, 2.24) is 10.6 Å². The average molecular weight is 347 g/mol. The first-order valence-corrected chi connectivity index (χ1v) is 8.85. The lowest BCUT2D eigenvalue weighted by atomic mass is 10.0. The second kappa shape index (κ2) is 9.32. The molecule has 0 aliphatic rings. The fraction of sp³-hybridized carbons (Fsp3) is 0.526. The van der Waals surface area contributed by atoms with E-state index in [0.717, 1.165) is 37.3 Å². The molecule has 0 spiro atoms. The molecule has 1 unspecified atom stereocenters. The molecule has 0 bridgehead atoms. The highest BCUT2D eigenvalue weighted by atomic mass is 16.4. The molecule has 6 heteroatoms. The molecule has 2 rings (SSSR count). The van der Waals surface area contributed by atoms with E-state index >= 15 is 0 Å². The summed E-state index contributed by atoms with van der Waals surface area (Å²) < 4.78 is 10.9. The number of nitrogens with one attached hydrogen (secondary N) is 2. The van der Waals surface area contributed by atoms with Crippen LogP contribution < -0.4 is 10.6 Å². The maximum Gasteiger partial charge on any atom is 0.191 e. The Morgan fingerprint density at radius 2 is 2.04 bits per heavy atom. The van der Waals surface area contributed by atoms with Gasteiger partial charge in [0.2, 0.25) is 0 Å². The molecule has 0 radical (unpaired) electrons. The first-order chi connectivity index (χ1) is 12.0. The predicted molar refractivity (Wildman–Crippen MR) is 98.6 cm³/mol. The Labute approximate surface area is 149 Å². The van der Waals surface area contributed by atoms with Crippen molar-refractivity contribution < 1.29 is 13.9 Å². The van der Waals surface area contributed by atoms with Crippen molar-refractivity contribution in [2.24, 2.45) is 4.99 Å². The summed E-state index contributed by atoms with van der Waals surface area (Å²) >= 11 is 0. The van der Waals surface area contributed by atoms with Gasteiger partial charge in [0, 0.05) is 19.5 Å². The van der Waals surface area contributed by atoms with Gasteiger partial charge in [-0.2, -0.15) is 0 Å². The van der Waals surface area contributed by atoms with Crippen LogP contribution in [-0.4, -0.2) is 30.7 Å².